The van der Waals surface area contributed by atoms with Crippen LogP contribution < -0.4 is 5.32 Å². The zero-order valence-corrected chi connectivity index (χ0v) is 11.8. The number of nitrogens with one attached hydrogen (secondary N) is 1. The molecule has 1 heterocycles. The molecule has 1 saturated carbocycles. The molecule has 2 unspecified atom stereocenters. The molecule has 0 aromatic heterocycles. The molecule has 0 aromatic carbocycles. The largest absolute Gasteiger partial charge is 0.481 e. The van der Waals surface area contributed by atoms with Crippen molar-refractivity contribution in [3.63, 3.8) is 0 Å². The summed E-state index contributed by atoms with van der Waals surface area (Å²) in [5, 5.41) is 21.1. The lowest BCUT2D eigenvalue weighted by Crippen LogP contribution is -2.49. The number of carboxylic acids is 1. The molecule has 0 radical (unpaired) electrons. The Labute approximate surface area is 119 Å². The molecule has 1 saturated heterocycles. The Hall–Kier alpha value is -1.30. The number of carboxylic acid groups (broad SMARTS) is 1. The summed E-state index contributed by atoms with van der Waals surface area (Å²) in [4.78, 5) is 24.9. The normalized spacial score (nSPS) is 28.1. The Morgan fingerprint density at radius 2 is 1.85 bits per heavy atom. The predicted molar refractivity (Wildman–Crippen MR) is 73.3 cm³/mol. The van der Waals surface area contributed by atoms with Crippen LogP contribution in [0.2, 0.25) is 0 Å². The fourth-order valence-corrected chi connectivity index (χ4v) is 3.13. The van der Waals surface area contributed by atoms with E-state index in [1.807, 2.05) is 0 Å². The number of hydrogen-bond acceptors (Lipinski definition) is 3. The molecule has 1 aliphatic heterocycles. The first-order chi connectivity index (χ1) is 9.60. The second kappa shape index (κ2) is 6.92. The van der Waals surface area contributed by atoms with Gasteiger partial charge in [0.2, 0.25) is 0 Å². The number of nitrogens with zero attached hydrogens (tertiary/aromatic N) is 1. The van der Waals surface area contributed by atoms with E-state index in [0.29, 0.717) is 31.8 Å². The van der Waals surface area contributed by atoms with E-state index in [9.17, 15) is 9.59 Å². The van der Waals surface area contributed by atoms with Gasteiger partial charge >= 0.3 is 12.0 Å². The van der Waals surface area contributed by atoms with Gasteiger partial charge in [-0.1, -0.05) is 6.42 Å². The lowest BCUT2D eigenvalue weighted by Gasteiger charge is -2.34. The number of aliphatic carboxylic acids is 1. The number of piperidine rings is 1. The number of aliphatic hydroxyl groups is 1. The number of hydrogen-bond donors (Lipinski definition) is 3. The Kier molecular flexibility index (Phi) is 5.23. The van der Waals surface area contributed by atoms with Crippen LogP contribution in [0.4, 0.5) is 4.79 Å². The van der Waals surface area contributed by atoms with Gasteiger partial charge in [-0.05, 0) is 38.0 Å². The summed E-state index contributed by atoms with van der Waals surface area (Å²) in [5.74, 6) is -0.771. The number of likely N-dealkylation sites (tertiary alicyclic amines) is 1. The first-order valence-electron chi connectivity index (χ1n) is 7.49. The third-order valence-corrected chi connectivity index (χ3v) is 4.51. The Morgan fingerprint density at radius 1 is 1.15 bits per heavy atom. The summed E-state index contributed by atoms with van der Waals surface area (Å²) in [7, 11) is 0. The van der Waals surface area contributed by atoms with Gasteiger partial charge in [-0.2, -0.15) is 0 Å². The minimum absolute atomic E-state index is 0.0204. The average Bonchev–Trinajstić information content (AvgIpc) is 2.47. The van der Waals surface area contributed by atoms with Gasteiger partial charge in [0.15, 0.2) is 0 Å². The molecular weight excluding hydrogens is 260 g/mol. The van der Waals surface area contributed by atoms with Crippen molar-refractivity contribution in [2.75, 3.05) is 19.7 Å². The van der Waals surface area contributed by atoms with Crippen LogP contribution in [0, 0.1) is 11.8 Å². The van der Waals surface area contributed by atoms with Crippen molar-refractivity contribution in [1.82, 2.24) is 10.2 Å². The van der Waals surface area contributed by atoms with Gasteiger partial charge in [-0.3, -0.25) is 4.79 Å². The SMILES string of the molecule is O=C(O)C1CCCC(NC(=O)N2CCC(CO)CC2)C1. The molecule has 20 heavy (non-hydrogen) atoms. The highest BCUT2D eigenvalue weighted by atomic mass is 16.4. The maximum atomic E-state index is 12.1. The van der Waals surface area contributed by atoms with Gasteiger partial charge in [-0.15, -0.1) is 0 Å². The standard InChI is InChI=1S/C14H24N2O4/c17-9-10-4-6-16(7-5-10)14(20)15-12-3-1-2-11(8-12)13(18)19/h10-12,17H,1-9H2,(H,15,20)(H,18,19). The van der Waals surface area contributed by atoms with Crippen LogP contribution >= 0.6 is 0 Å². The first kappa shape index (κ1) is 15.1. The summed E-state index contributed by atoms with van der Waals surface area (Å²) < 4.78 is 0. The van der Waals surface area contributed by atoms with E-state index in [1.54, 1.807) is 4.90 Å². The second-order valence-electron chi connectivity index (χ2n) is 5.96. The van der Waals surface area contributed by atoms with Crippen molar-refractivity contribution in [3.8, 4) is 0 Å². The monoisotopic (exact) mass is 284 g/mol. The fraction of sp³-hybridized carbons (Fsp3) is 0.857. The molecule has 6 heteroatoms. The van der Waals surface area contributed by atoms with Gasteiger partial charge in [-0.25, -0.2) is 4.79 Å². The maximum Gasteiger partial charge on any atom is 0.317 e. The summed E-state index contributed by atoms with van der Waals surface area (Å²) >= 11 is 0. The van der Waals surface area contributed by atoms with Gasteiger partial charge in [0.05, 0.1) is 5.92 Å². The van der Waals surface area contributed by atoms with Gasteiger partial charge in [0.25, 0.3) is 0 Å². The Balaban J connectivity index is 1.78. The minimum atomic E-state index is -0.757. The van der Waals surface area contributed by atoms with Crippen LogP contribution in [0.5, 0.6) is 0 Å². The van der Waals surface area contributed by atoms with Crippen molar-refractivity contribution in [1.29, 1.82) is 0 Å². The third-order valence-electron chi connectivity index (χ3n) is 4.51. The maximum absolute atomic E-state index is 12.1. The van der Waals surface area contributed by atoms with E-state index < -0.39 is 5.97 Å². The van der Waals surface area contributed by atoms with Crippen LogP contribution in [0.1, 0.15) is 38.5 Å². The summed E-state index contributed by atoms with van der Waals surface area (Å²) in [6.07, 6.45) is 4.65. The molecule has 0 bridgehead atoms. The summed E-state index contributed by atoms with van der Waals surface area (Å²) in [6, 6.07) is -0.106. The molecule has 3 N–H and O–H groups in total. The average molecular weight is 284 g/mol. The van der Waals surface area contributed by atoms with E-state index in [2.05, 4.69) is 5.32 Å². The van der Waals surface area contributed by atoms with Crippen LogP contribution in [0.25, 0.3) is 0 Å². The summed E-state index contributed by atoms with van der Waals surface area (Å²) in [6.45, 7) is 1.54. The number of rotatable bonds is 3. The van der Waals surface area contributed by atoms with E-state index in [4.69, 9.17) is 10.2 Å². The molecular formula is C14H24N2O4. The third kappa shape index (κ3) is 3.85. The highest BCUT2D eigenvalue weighted by Crippen LogP contribution is 2.25. The van der Waals surface area contributed by atoms with Crippen molar-refractivity contribution in [2.24, 2.45) is 11.8 Å². The number of carbonyl (C=O) groups excluding carboxylic acids is 1. The van der Waals surface area contributed by atoms with E-state index in [0.717, 1.165) is 25.7 Å². The smallest absolute Gasteiger partial charge is 0.317 e. The van der Waals surface area contributed by atoms with Gasteiger partial charge in [0.1, 0.15) is 0 Å². The topological polar surface area (TPSA) is 89.9 Å². The number of aliphatic hydroxyl groups excluding tert-OH is 1. The highest BCUT2D eigenvalue weighted by Gasteiger charge is 2.29. The van der Waals surface area contributed by atoms with Gasteiger partial charge < -0.3 is 20.4 Å². The fourth-order valence-electron chi connectivity index (χ4n) is 3.13. The Bertz CT molecular complexity index is 353. The molecule has 2 fully saturated rings. The second-order valence-corrected chi connectivity index (χ2v) is 5.96. The summed E-state index contributed by atoms with van der Waals surface area (Å²) in [5.41, 5.74) is 0. The molecule has 114 valence electrons. The van der Waals surface area contributed by atoms with Crippen LogP contribution in [-0.2, 0) is 4.79 Å². The van der Waals surface area contributed by atoms with Crippen LogP contribution in [-0.4, -0.2) is 52.9 Å². The van der Waals surface area contributed by atoms with Crippen LogP contribution in [0.3, 0.4) is 0 Å². The number of amides is 2. The molecule has 0 spiro atoms. The minimum Gasteiger partial charge on any atom is -0.481 e. The predicted octanol–water partition coefficient (Wildman–Crippen LogP) is 1.04. The van der Waals surface area contributed by atoms with E-state index >= 15 is 0 Å². The first-order valence-corrected chi connectivity index (χ1v) is 7.49. The van der Waals surface area contributed by atoms with E-state index in [-0.39, 0.29) is 24.6 Å². The quantitative estimate of drug-likeness (QED) is 0.722. The van der Waals surface area contributed by atoms with Crippen molar-refractivity contribution >= 4 is 12.0 Å². The van der Waals surface area contributed by atoms with E-state index in [1.165, 1.54) is 0 Å². The Morgan fingerprint density at radius 3 is 2.45 bits per heavy atom. The highest BCUT2D eigenvalue weighted by molar-refractivity contribution is 5.75. The molecule has 2 rings (SSSR count). The molecule has 2 aliphatic rings. The number of carbonyl (C=O) groups is 2. The molecule has 1 aliphatic carbocycles. The van der Waals surface area contributed by atoms with Crippen molar-refractivity contribution in [2.45, 2.75) is 44.6 Å². The zero-order chi connectivity index (χ0) is 14.5. The van der Waals surface area contributed by atoms with Crippen molar-refractivity contribution < 1.29 is 19.8 Å². The lowest BCUT2D eigenvalue weighted by atomic mass is 9.86. The zero-order valence-electron chi connectivity index (χ0n) is 11.8. The molecule has 2 atom stereocenters. The molecule has 0 aromatic rings. The van der Waals surface area contributed by atoms with Crippen LogP contribution in [0.15, 0.2) is 0 Å². The molecule has 2 amide bonds. The number of urea groups is 1. The van der Waals surface area contributed by atoms with Crippen molar-refractivity contribution in [3.05, 3.63) is 0 Å². The van der Waals surface area contributed by atoms with Gasteiger partial charge in [0, 0.05) is 25.7 Å². The molecule has 6 nitrogen and oxygen atoms in total. The lowest BCUT2D eigenvalue weighted by molar-refractivity contribution is -0.143.